The zero-order chi connectivity index (χ0) is 24.0. The van der Waals surface area contributed by atoms with Crippen LogP contribution in [0.4, 0.5) is 0 Å². The third-order valence-electron chi connectivity index (χ3n) is 6.89. The number of benzene rings is 3. The highest BCUT2D eigenvalue weighted by molar-refractivity contribution is 5.87. The fraction of sp³-hybridized carbons (Fsp3) is 0.267. The van der Waals surface area contributed by atoms with Crippen LogP contribution in [0.25, 0.3) is 10.8 Å². The highest BCUT2D eigenvalue weighted by Gasteiger charge is 2.27. The second kappa shape index (κ2) is 10.8. The molecule has 35 heavy (non-hydrogen) atoms. The molecule has 2 heterocycles. The van der Waals surface area contributed by atoms with Gasteiger partial charge in [-0.15, -0.1) is 0 Å². The van der Waals surface area contributed by atoms with Gasteiger partial charge in [0.2, 0.25) is 0 Å². The quantitative estimate of drug-likeness (QED) is 0.365. The van der Waals surface area contributed by atoms with Crippen molar-refractivity contribution in [3.05, 3.63) is 113 Å². The number of rotatable bonds is 8. The van der Waals surface area contributed by atoms with Crippen molar-refractivity contribution in [2.24, 2.45) is 0 Å². The second-order valence-electron chi connectivity index (χ2n) is 9.19. The summed E-state index contributed by atoms with van der Waals surface area (Å²) in [4.78, 5) is 15.4. The summed E-state index contributed by atoms with van der Waals surface area (Å²) in [6, 6.07) is 27.3. The lowest BCUT2D eigenvalue weighted by molar-refractivity contribution is 0.0106. The van der Waals surface area contributed by atoms with Gasteiger partial charge in [0.25, 0.3) is 0 Å². The smallest absolute Gasteiger partial charge is 0.354 e. The molecule has 0 radical (unpaired) electrons. The lowest BCUT2D eigenvalue weighted by Crippen LogP contribution is -2.40. The number of aromatic nitrogens is 1. The number of carboxylic acid groups (broad SMARTS) is 1. The van der Waals surface area contributed by atoms with Gasteiger partial charge < -0.3 is 15.2 Å². The molecule has 0 amide bonds. The van der Waals surface area contributed by atoms with Gasteiger partial charge in [-0.1, -0.05) is 66.7 Å². The van der Waals surface area contributed by atoms with Gasteiger partial charge in [0.05, 0.1) is 12.7 Å². The third kappa shape index (κ3) is 5.59. The molecule has 1 aromatic heterocycles. The first kappa shape index (κ1) is 23.2. The lowest BCUT2D eigenvalue weighted by Gasteiger charge is -2.32. The molecule has 1 saturated heterocycles. The third-order valence-corrected chi connectivity index (χ3v) is 6.89. The van der Waals surface area contributed by atoms with E-state index in [9.17, 15) is 9.90 Å². The Kier molecular flexibility index (Phi) is 7.17. The van der Waals surface area contributed by atoms with Crippen LogP contribution < -0.4 is 5.32 Å². The molecule has 1 aliphatic rings. The molecule has 0 aliphatic carbocycles. The number of piperidine rings is 1. The Morgan fingerprint density at radius 2 is 1.74 bits per heavy atom. The summed E-state index contributed by atoms with van der Waals surface area (Å²) in [5, 5.41) is 15.3. The Labute approximate surface area is 205 Å². The van der Waals surface area contributed by atoms with E-state index in [2.05, 4.69) is 77.0 Å². The molecule has 178 valence electrons. The molecular formula is C30H30N2O3. The zero-order valence-electron chi connectivity index (χ0n) is 19.7. The van der Waals surface area contributed by atoms with Gasteiger partial charge in [0.15, 0.2) is 5.69 Å². The molecule has 5 heteroatoms. The molecule has 1 fully saturated rings. The molecule has 0 spiro atoms. The van der Waals surface area contributed by atoms with Gasteiger partial charge in [0, 0.05) is 18.7 Å². The van der Waals surface area contributed by atoms with Gasteiger partial charge in [-0.3, -0.25) is 0 Å². The van der Waals surface area contributed by atoms with Gasteiger partial charge in [-0.25, -0.2) is 9.78 Å². The average Bonchev–Trinajstić information content (AvgIpc) is 2.91. The minimum atomic E-state index is -0.975. The normalized spacial score (nSPS) is 17.9. The standard InChI is InChI=1S/C30H30N2O3/c33-30(34)29-25(6-3-16-32-29)14-9-21-7-12-24(13-8-21)27-15-17-31-19-28(27)35-20-22-10-11-23-4-1-2-5-26(23)18-22/h1-8,10-13,16,18,27-28,31H,9,14-15,17,19-20H2,(H,33,34). The molecule has 2 atom stereocenters. The van der Waals surface area contributed by atoms with Crippen molar-refractivity contribution in [2.45, 2.75) is 37.9 Å². The monoisotopic (exact) mass is 466 g/mol. The predicted molar refractivity (Wildman–Crippen MR) is 138 cm³/mol. The van der Waals surface area contributed by atoms with Crippen LogP contribution in [0.2, 0.25) is 0 Å². The van der Waals surface area contributed by atoms with Crippen LogP contribution in [0.1, 0.15) is 45.1 Å². The predicted octanol–water partition coefficient (Wildman–Crippen LogP) is 5.38. The highest BCUT2D eigenvalue weighted by Crippen LogP contribution is 2.29. The van der Waals surface area contributed by atoms with E-state index in [0.29, 0.717) is 18.9 Å². The van der Waals surface area contributed by atoms with E-state index in [1.807, 2.05) is 6.07 Å². The number of ether oxygens (including phenoxy) is 1. The average molecular weight is 467 g/mol. The van der Waals surface area contributed by atoms with E-state index in [4.69, 9.17) is 4.74 Å². The van der Waals surface area contributed by atoms with Crippen LogP contribution in [0, 0.1) is 0 Å². The summed E-state index contributed by atoms with van der Waals surface area (Å²) < 4.78 is 6.43. The van der Waals surface area contributed by atoms with Crippen LogP contribution >= 0.6 is 0 Å². The number of fused-ring (bicyclic) bond motifs is 1. The van der Waals surface area contributed by atoms with E-state index in [1.54, 1.807) is 6.07 Å². The molecule has 3 aromatic carbocycles. The Morgan fingerprint density at radius 1 is 0.943 bits per heavy atom. The Morgan fingerprint density at radius 3 is 2.57 bits per heavy atom. The van der Waals surface area contributed by atoms with E-state index in [1.165, 1.54) is 33.7 Å². The summed E-state index contributed by atoms with van der Waals surface area (Å²) in [6.07, 6.45) is 4.12. The number of carboxylic acids is 1. The number of hydrogen-bond acceptors (Lipinski definition) is 4. The molecule has 5 rings (SSSR count). The van der Waals surface area contributed by atoms with Crippen molar-refractivity contribution in [3.8, 4) is 0 Å². The van der Waals surface area contributed by atoms with Crippen molar-refractivity contribution >= 4 is 16.7 Å². The zero-order valence-corrected chi connectivity index (χ0v) is 19.7. The van der Waals surface area contributed by atoms with Gasteiger partial charge in [-0.2, -0.15) is 0 Å². The van der Waals surface area contributed by atoms with Crippen molar-refractivity contribution in [2.75, 3.05) is 13.1 Å². The SMILES string of the molecule is O=C(O)c1ncccc1CCc1ccc(C2CCNCC2OCc2ccc3ccccc3c2)cc1. The Balaban J connectivity index is 1.23. The number of aryl methyl sites for hydroxylation is 2. The highest BCUT2D eigenvalue weighted by atomic mass is 16.5. The first-order valence-corrected chi connectivity index (χ1v) is 12.2. The number of nitrogens with zero attached hydrogens (tertiary/aromatic N) is 1. The minimum Gasteiger partial charge on any atom is -0.477 e. The maximum atomic E-state index is 11.4. The van der Waals surface area contributed by atoms with Crippen LogP contribution in [0.3, 0.4) is 0 Å². The fourth-order valence-corrected chi connectivity index (χ4v) is 4.96. The summed E-state index contributed by atoms with van der Waals surface area (Å²) in [5.41, 5.74) is 4.59. The van der Waals surface area contributed by atoms with E-state index in [0.717, 1.165) is 31.5 Å². The van der Waals surface area contributed by atoms with E-state index < -0.39 is 5.97 Å². The molecule has 0 bridgehead atoms. The van der Waals surface area contributed by atoms with Gasteiger partial charge >= 0.3 is 5.97 Å². The van der Waals surface area contributed by atoms with E-state index >= 15 is 0 Å². The maximum Gasteiger partial charge on any atom is 0.354 e. The van der Waals surface area contributed by atoms with Gasteiger partial charge in [0.1, 0.15) is 0 Å². The van der Waals surface area contributed by atoms with Gasteiger partial charge in [-0.05, 0) is 71.0 Å². The van der Waals surface area contributed by atoms with E-state index in [-0.39, 0.29) is 11.8 Å². The number of hydrogen-bond donors (Lipinski definition) is 2. The molecule has 5 nitrogen and oxygen atoms in total. The summed E-state index contributed by atoms with van der Waals surface area (Å²) in [7, 11) is 0. The van der Waals surface area contributed by atoms with Crippen molar-refractivity contribution in [3.63, 3.8) is 0 Å². The summed E-state index contributed by atoms with van der Waals surface area (Å²) >= 11 is 0. The van der Waals surface area contributed by atoms with Crippen LogP contribution in [-0.2, 0) is 24.2 Å². The van der Waals surface area contributed by atoms with Crippen molar-refractivity contribution in [1.29, 1.82) is 0 Å². The minimum absolute atomic E-state index is 0.120. The summed E-state index contributed by atoms with van der Waals surface area (Å²) in [6.45, 7) is 2.43. The first-order chi connectivity index (χ1) is 17.2. The first-order valence-electron chi connectivity index (χ1n) is 12.2. The van der Waals surface area contributed by atoms with Crippen molar-refractivity contribution in [1.82, 2.24) is 10.3 Å². The van der Waals surface area contributed by atoms with Crippen LogP contribution in [0.5, 0.6) is 0 Å². The topological polar surface area (TPSA) is 71.5 Å². The van der Waals surface area contributed by atoms with Crippen LogP contribution in [0.15, 0.2) is 85.1 Å². The fourth-order valence-electron chi connectivity index (χ4n) is 4.96. The summed E-state index contributed by atoms with van der Waals surface area (Å²) in [5.74, 6) is -0.626. The molecule has 0 saturated carbocycles. The number of nitrogens with one attached hydrogen (secondary N) is 1. The molecule has 4 aromatic rings. The Bertz CT molecular complexity index is 1300. The van der Waals surface area contributed by atoms with Crippen LogP contribution in [-0.4, -0.2) is 35.3 Å². The number of carbonyl (C=O) groups is 1. The molecule has 2 N–H and O–H groups in total. The number of pyridine rings is 1. The Hall–Kier alpha value is -3.54. The molecular weight excluding hydrogens is 436 g/mol. The molecule has 2 unspecified atom stereocenters. The second-order valence-corrected chi connectivity index (χ2v) is 9.19. The van der Waals surface area contributed by atoms with Crippen molar-refractivity contribution < 1.29 is 14.6 Å². The molecule has 1 aliphatic heterocycles. The number of aromatic carboxylic acids is 1. The largest absolute Gasteiger partial charge is 0.477 e. The maximum absolute atomic E-state index is 11.4. The lowest BCUT2D eigenvalue weighted by atomic mass is 9.87.